The van der Waals surface area contributed by atoms with Crippen molar-refractivity contribution in [1.29, 1.82) is 0 Å². The minimum atomic E-state index is -0.790. The number of carbonyl (C=O) groups is 1. The number of nitrogens with zero attached hydrogens (tertiary/aromatic N) is 2. The van der Waals surface area contributed by atoms with E-state index in [1.165, 1.54) is 30.6 Å². The van der Waals surface area contributed by atoms with E-state index in [1.54, 1.807) is 12.2 Å². The van der Waals surface area contributed by atoms with E-state index in [4.69, 9.17) is 11.5 Å². The maximum atomic E-state index is 14.0. The van der Waals surface area contributed by atoms with Gasteiger partial charge in [-0.15, -0.1) is 0 Å². The normalized spacial score (nSPS) is 18.5. The number of halogens is 2. The standard InChI is InChI=1S/C24H25F2N5O2/c1-14(15-5-8-21(32)19(28)13-15)9-10-29-11-12-30-24(33)23-18(27)6-7-20(31-23)22-16(25)3-2-4-17(22)26/h2-4,6-7,9-11,13,19,21,32H,1,5,8,12,27-28H2,(H,30,33)/b10-9-,29-11?. The number of aliphatic hydroxyl groups excluding tert-OH is 1. The molecule has 0 fully saturated rings. The Hall–Kier alpha value is -3.69. The Morgan fingerprint density at radius 3 is 2.73 bits per heavy atom. The molecule has 1 heterocycles. The van der Waals surface area contributed by atoms with Crippen LogP contribution in [0, 0.1) is 11.6 Å². The first-order valence-electron chi connectivity index (χ1n) is 10.3. The van der Waals surface area contributed by atoms with Crippen molar-refractivity contribution in [3.05, 3.63) is 83.7 Å². The Labute approximate surface area is 190 Å². The number of aromatic nitrogens is 1. The maximum Gasteiger partial charge on any atom is 0.272 e. The van der Waals surface area contributed by atoms with Gasteiger partial charge in [-0.25, -0.2) is 13.8 Å². The van der Waals surface area contributed by atoms with Crippen LogP contribution in [-0.4, -0.2) is 40.9 Å². The molecule has 2 atom stereocenters. The van der Waals surface area contributed by atoms with Crippen molar-refractivity contribution in [3.63, 3.8) is 0 Å². The lowest BCUT2D eigenvalue weighted by Gasteiger charge is -2.23. The highest BCUT2D eigenvalue weighted by molar-refractivity contribution is 5.98. The summed E-state index contributed by atoms with van der Waals surface area (Å²) in [5.74, 6) is -2.19. The van der Waals surface area contributed by atoms with E-state index in [-0.39, 0.29) is 29.2 Å². The third-order valence-electron chi connectivity index (χ3n) is 5.14. The van der Waals surface area contributed by atoms with E-state index in [0.29, 0.717) is 12.8 Å². The number of rotatable bonds is 7. The summed E-state index contributed by atoms with van der Waals surface area (Å²) < 4.78 is 28.1. The van der Waals surface area contributed by atoms with Crippen LogP contribution in [0.25, 0.3) is 11.3 Å². The molecule has 0 radical (unpaired) electrons. The first-order valence-corrected chi connectivity index (χ1v) is 10.3. The smallest absolute Gasteiger partial charge is 0.272 e. The lowest BCUT2D eigenvalue weighted by Crippen LogP contribution is -2.35. The number of nitrogens with one attached hydrogen (secondary N) is 1. The first kappa shape index (κ1) is 24.0. The van der Waals surface area contributed by atoms with Crippen molar-refractivity contribution < 1.29 is 18.7 Å². The average Bonchev–Trinajstić information content (AvgIpc) is 2.78. The number of pyridine rings is 1. The Morgan fingerprint density at radius 1 is 1.30 bits per heavy atom. The van der Waals surface area contributed by atoms with Crippen LogP contribution in [0.2, 0.25) is 0 Å². The number of nitrogens with two attached hydrogens (primary N) is 2. The quantitative estimate of drug-likeness (QED) is 0.379. The number of aliphatic hydroxyl groups is 1. The van der Waals surface area contributed by atoms with E-state index < -0.39 is 29.7 Å². The fraction of sp³-hybridized carbons (Fsp3) is 0.208. The zero-order chi connectivity index (χ0) is 24.0. The van der Waals surface area contributed by atoms with E-state index in [9.17, 15) is 18.7 Å². The molecule has 1 aliphatic rings. The van der Waals surface area contributed by atoms with Crippen molar-refractivity contribution in [1.82, 2.24) is 10.3 Å². The molecule has 172 valence electrons. The first-order chi connectivity index (χ1) is 15.8. The lowest BCUT2D eigenvalue weighted by atomic mass is 9.90. The van der Waals surface area contributed by atoms with Crippen molar-refractivity contribution in [2.45, 2.75) is 25.0 Å². The monoisotopic (exact) mass is 453 g/mol. The molecule has 9 heteroatoms. The molecule has 1 aliphatic carbocycles. The predicted molar refractivity (Wildman–Crippen MR) is 124 cm³/mol. The summed E-state index contributed by atoms with van der Waals surface area (Å²) in [6, 6.07) is 5.77. The minimum Gasteiger partial charge on any atom is -0.397 e. The number of anilines is 1. The van der Waals surface area contributed by atoms with Gasteiger partial charge in [0.05, 0.1) is 29.6 Å². The second-order valence-corrected chi connectivity index (χ2v) is 7.49. The number of aliphatic imine (C=N–C) groups is 1. The summed E-state index contributed by atoms with van der Waals surface area (Å²) in [7, 11) is 0. The molecule has 33 heavy (non-hydrogen) atoms. The van der Waals surface area contributed by atoms with Crippen molar-refractivity contribution in [2.75, 3.05) is 12.3 Å². The Bertz CT molecular complexity index is 1120. The molecular formula is C24H25F2N5O2. The molecule has 2 aromatic rings. The average molecular weight is 453 g/mol. The van der Waals surface area contributed by atoms with E-state index in [1.807, 2.05) is 0 Å². The van der Waals surface area contributed by atoms with Gasteiger partial charge >= 0.3 is 0 Å². The maximum absolute atomic E-state index is 14.0. The predicted octanol–water partition coefficient (Wildman–Crippen LogP) is 2.89. The van der Waals surface area contributed by atoms with Gasteiger partial charge in [0.1, 0.15) is 11.6 Å². The van der Waals surface area contributed by atoms with Gasteiger partial charge in [0.2, 0.25) is 0 Å². The third-order valence-corrected chi connectivity index (χ3v) is 5.14. The van der Waals surface area contributed by atoms with Crippen LogP contribution in [0.15, 0.2) is 71.4 Å². The third kappa shape index (κ3) is 5.97. The molecule has 0 bridgehead atoms. The zero-order valence-corrected chi connectivity index (χ0v) is 17.8. The molecule has 1 aromatic carbocycles. The second kappa shape index (κ2) is 10.8. The van der Waals surface area contributed by atoms with Gasteiger partial charge in [-0.05, 0) is 54.3 Å². The molecule has 1 amide bonds. The number of amides is 1. The SMILES string of the molecule is C=C(/C=C\N=CCNC(=O)c1nc(-c2c(F)cccc2F)ccc1N)C1=CC(N)C(O)CC1. The number of allylic oxidation sites excluding steroid dienone is 3. The second-order valence-electron chi connectivity index (χ2n) is 7.49. The summed E-state index contributed by atoms with van der Waals surface area (Å²) in [4.78, 5) is 20.6. The summed E-state index contributed by atoms with van der Waals surface area (Å²) in [6.07, 6.45) is 7.22. The van der Waals surface area contributed by atoms with Crippen LogP contribution in [0.5, 0.6) is 0 Å². The Morgan fingerprint density at radius 2 is 2.03 bits per heavy atom. The number of hydrogen-bond donors (Lipinski definition) is 4. The molecule has 0 aliphatic heterocycles. The van der Waals surface area contributed by atoms with E-state index in [2.05, 4.69) is 21.9 Å². The molecule has 0 saturated carbocycles. The van der Waals surface area contributed by atoms with Gasteiger partial charge in [0.15, 0.2) is 5.69 Å². The molecular weight excluding hydrogens is 428 g/mol. The number of hydrogen-bond acceptors (Lipinski definition) is 6. The van der Waals surface area contributed by atoms with Crippen LogP contribution < -0.4 is 16.8 Å². The Balaban J connectivity index is 1.59. The summed E-state index contributed by atoms with van der Waals surface area (Å²) >= 11 is 0. The van der Waals surface area contributed by atoms with Crippen molar-refractivity contribution in [3.8, 4) is 11.3 Å². The number of nitrogen functional groups attached to an aromatic ring is 1. The van der Waals surface area contributed by atoms with Crippen LogP contribution in [0.4, 0.5) is 14.5 Å². The largest absolute Gasteiger partial charge is 0.397 e. The van der Waals surface area contributed by atoms with Gasteiger partial charge in [0.25, 0.3) is 5.91 Å². The molecule has 6 N–H and O–H groups in total. The molecule has 7 nitrogen and oxygen atoms in total. The highest BCUT2D eigenvalue weighted by Crippen LogP contribution is 2.26. The Kier molecular flexibility index (Phi) is 7.81. The lowest BCUT2D eigenvalue weighted by molar-refractivity contribution is 0.0955. The summed E-state index contributed by atoms with van der Waals surface area (Å²) in [5, 5.41) is 12.3. The van der Waals surface area contributed by atoms with Gasteiger partial charge in [0, 0.05) is 18.5 Å². The topological polar surface area (TPSA) is 127 Å². The van der Waals surface area contributed by atoms with Crippen LogP contribution in [-0.2, 0) is 0 Å². The molecule has 0 saturated heterocycles. The number of benzene rings is 1. The molecule has 1 aromatic heterocycles. The van der Waals surface area contributed by atoms with Crippen LogP contribution in [0.3, 0.4) is 0 Å². The van der Waals surface area contributed by atoms with Gasteiger partial charge in [-0.1, -0.05) is 18.7 Å². The summed E-state index contributed by atoms with van der Waals surface area (Å²) in [5.41, 5.74) is 12.9. The van der Waals surface area contributed by atoms with Gasteiger partial charge < -0.3 is 21.9 Å². The van der Waals surface area contributed by atoms with Crippen LogP contribution in [0.1, 0.15) is 23.3 Å². The van der Waals surface area contributed by atoms with E-state index in [0.717, 1.165) is 23.3 Å². The van der Waals surface area contributed by atoms with Crippen LogP contribution >= 0.6 is 0 Å². The highest BCUT2D eigenvalue weighted by Gasteiger charge is 2.20. The fourth-order valence-electron chi connectivity index (χ4n) is 3.30. The fourth-order valence-corrected chi connectivity index (χ4v) is 3.30. The zero-order valence-electron chi connectivity index (χ0n) is 17.8. The van der Waals surface area contributed by atoms with Gasteiger partial charge in [-0.2, -0.15) is 0 Å². The molecule has 2 unspecified atom stereocenters. The number of carbonyl (C=O) groups excluding carboxylic acids is 1. The summed E-state index contributed by atoms with van der Waals surface area (Å²) in [6.45, 7) is 4.05. The molecule has 3 rings (SSSR count). The minimum absolute atomic E-state index is 0.0377. The van der Waals surface area contributed by atoms with Crippen molar-refractivity contribution in [2.24, 2.45) is 10.7 Å². The van der Waals surface area contributed by atoms with Crippen molar-refractivity contribution >= 4 is 17.8 Å². The van der Waals surface area contributed by atoms with Gasteiger partial charge in [-0.3, -0.25) is 9.79 Å². The molecule has 0 spiro atoms. The van der Waals surface area contributed by atoms with E-state index >= 15 is 0 Å². The highest BCUT2D eigenvalue weighted by atomic mass is 19.1.